The highest BCUT2D eigenvalue weighted by Gasteiger charge is 2.28. The van der Waals surface area contributed by atoms with E-state index in [0.717, 1.165) is 18.0 Å². The lowest BCUT2D eigenvalue weighted by Crippen LogP contribution is -2.51. The third-order valence-electron chi connectivity index (χ3n) is 4.80. The van der Waals surface area contributed by atoms with Gasteiger partial charge >= 0.3 is 0 Å². The molecule has 0 saturated carbocycles. The molecule has 118 valence electrons. The highest BCUT2D eigenvalue weighted by atomic mass is 15.2. The Kier molecular flexibility index (Phi) is 6.31. The lowest BCUT2D eigenvalue weighted by molar-refractivity contribution is 0.0785. The molecule has 0 aromatic heterocycles. The van der Waals surface area contributed by atoms with Crippen LogP contribution in [0.1, 0.15) is 53.4 Å². The average Bonchev–Trinajstić information content (AvgIpc) is 2.39. The molecular formula is C17H35N3. The Labute approximate surface area is 126 Å². The van der Waals surface area contributed by atoms with Gasteiger partial charge in [0.15, 0.2) is 0 Å². The molecule has 2 rings (SSSR count). The van der Waals surface area contributed by atoms with Gasteiger partial charge in [0.05, 0.1) is 0 Å². The Hall–Kier alpha value is -0.120. The molecule has 0 spiro atoms. The SMILES string of the molecule is CC(C)CN1CCC(N2CCC(NC(C)C)CC2)CC1. The maximum absolute atomic E-state index is 3.70. The number of nitrogens with zero attached hydrogens (tertiary/aromatic N) is 2. The van der Waals surface area contributed by atoms with Crippen molar-refractivity contribution in [2.45, 2.75) is 71.5 Å². The Morgan fingerprint density at radius 3 is 2.00 bits per heavy atom. The van der Waals surface area contributed by atoms with Gasteiger partial charge in [-0.25, -0.2) is 0 Å². The number of likely N-dealkylation sites (tertiary alicyclic amines) is 2. The predicted molar refractivity (Wildman–Crippen MR) is 87.2 cm³/mol. The van der Waals surface area contributed by atoms with Gasteiger partial charge in [0.1, 0.15) is 0 Å². The summed E-state index contributed by atoms with van der Waals surface area (Å²) in [6.45, 7) is 15.7. The molecule has 0 atom stereocenters. The van der Waals surface area contributed by atoms with Crippen LogP contribution in [0, 0.1) is 5.92 Å². The molecule has 0 radical (unpaired) electrons. The summed E-state index contributed by atoms with van der Waals surface area (Å²) in [5, 5.41) is 3.70. The topological polar surface area (TPSA) is 18.5 Å². The fourth-order valence-electron chi connectivity index (χ4n) is 3.89. The number of hydrogen-bond acceptors (Lipinski definition) is 3. The molecule has 2 aliphatic heterocycles. The normalized spacial score (nSPS) is 24.9. The molecule has 2 aliphatic rings. The summed E-state index contributed by atoms with van der Waals surface area (Å²) < 4.78 is 0. The van der Waals surface area contributed by atoms with Crippen LogP contribution >= 0.6 is 0 Å². The van der Waals surface area contributed by atoms with E-state index in [1.807, 2.05) is 0 Å². The minimum atomic E-state index is 0.630. The molecule has 0 aromatic rings. The van der Waals surface area contributed by atoms with Gasteiger partial charge < -0.3 is 15.1 Å². The fourth-order valence-corrected chi connectivity index (χ4v) is 3.89. The van der Waals surface area contributed by atoms with Crippen molar-refractivity contribution < 1.29 is 0 Å². The molecule has 0 unspecified atom stereocenters. The van der Waals surface area contributed by atoms with Crippen molar-refractivity contribution >= 4 is 0 Å². The summed E-state index contributed by atoms with van der Waals surface area (Å²) >= 11 is 0. The summed E-state index contributed by atoms with van der Waals surface area (Å²) in [7, 11) is 0. The molecule has 0 aromatic carbocycles. The van der Waals surface area contributed by atoms with Gasteiger partial charge in [-0.3, -0.25) is 0 Å². The Morgan fingerprint density at radius 1 is 0.900 bits per heavy atom. The second-order valence-electron chi connectivity index (χ2n) is 7.56. The quantitative estimate of drug-likeness (QED) is 0.835. The van der Waals surface area contributed by atoms with Crippen LogP contribution in [0.15, 0.2) is 0 Å². The summed E-state index contributed by atoms with van der Waals surface area (Å²) in [4.78, 5) is 5.43. The molecule has 2 saturated heterocycles. The zero-order chi connectivity index (χ0) is 14.5. The maximum Gasteiger partial charge on any atom is 0.0120 e. The van der Waals surface area contributed by atoms with Crippen LogP contribution in [0.5, 0.6) is 0 Å². The summed E-state index contributed by atoms with van der Waals surface area (Å²) in [5.41, 5.74) is 0. The largest absolute Gasteiger partial charge is 0.312 e. The van der Waals surface area contributed by atoms with Crippen LogP contribution in [0.2, 0.25) is 0 Å². The summed E-state index contributed by atoms with van der Waals surface area (Å²) in [6.07, 6.45) is 5.44. The van der Waals surface area contributed by atoms with Gasteiger partial charge in [-0.1, -0.05) is 27.7 Å². The molecule has 3 nitrogen and oxygen atoms in total. The van der Waals surface area contributed by atoms with Crippen LogP contribution in [0.4, 0.5) is 0 Å². The van der Waals surface area contributed by atoms with Crippen LogP contribution in [-0.2, 0) is 0 Å². The Bertz CT molecular complexity index is 233. The van der Waals surface area contributed by atoms with Crippen LogP contribution in [0.25, 0.3) is 0 Å². The van der Waals surface area contributed by atoms with E-state index in [1.54, 1.807) is 0 Å². The first-order chi connectivity index (χ1) is 9.54. The number of rotatable bonds is 5. The standard InChI is InChI=1S/C17H35N3/c1-14(2)13-19-9-7-17(8-10-19)20-11-5-16(6-12-20)18-15(3)4/h14-18H,5-13H2,1-4H3. The van der Waals surface area contributed by atoms with E-state index >= 15 is 0 Å². The molecule has 0 bridgehead atoms. The van der Waals surface area contributed by atoms with Crippen molar-refractivity contribution in [3.8, 4) is 0 Å². The highest BCUT2D eigenvalue weighted by Crippen LogP contribution is 2.21. The zero-order valence-corrected chi connectivity index (χ0v) is 14.1. The van der Waals surface area contributed by atoms with E-state index in [9.17, 15) is 0 Å². The third kappa shape index (κ3) is 5.01. The summed E-state index contributed by atoms with van der Waals surface area (Å²) in [6, 6.07) is 2.25. The lowest BCUT2D eigenvalue weighted by atomic mass is 9.97. The first-order valence-corrected chi connectivity index (χ1v) is 8.77. The average molecular weight is 281 g/mol. The van der Waals surface area contributed by atoms with Crippen LogP contribution in [-0.4, -0.2) is 60.6 Å². The lowest BCUT2D eigenvalue weighted by Gasteiger charge is -2.42. The monoisotopic (exact) mass is 281 g/mol. The van der Waals surface area contributed by atoms with Crippen molar-refractivity contribution in [3.05, 3.63) is 0 Å². The first kappa shape index (κ1) is 16.3. The molecule has 3 heteroatoms. The van der Waals surface area contributed by atoms with Crippen molar-refractivity contribution in [3.63, 3.8) is 0 Å². The minimum absolute atomic E-state index is 0.630. The summed E-state index contributed by atoms with van der Waals surface area (Å²) in [5.74, 6) is 0.810. The van der Waals surface area contributed by atoms with Crippen LogP contribution < -0.4 is 5.32 Å². The maximum atomic E-state index is 3.70. The van der Waals surface area contributed by atoms with E-state index in [-0.39, 0.29) is 0 Å². The van der Waals surface area contributed by atoms with Crippen molar-refractivity contribution in [2.75, 3.05) is 32.7 Å². The molecule has 0 amide bonds. The Balaban J connectivity index is 1.68. The van der Waals surface area contributed by atoms with Gasteiger partial charge in [-0.2, -0.15) is 0 Å². The van der Waals surface area contributed by atoms with Crippen molar-refractivity contribution in [1.82, 2.24) is 15.1 Å². The smallest absolute Gasteiger partial charge is 0.0120 e. The van der Waals surface area contributed by atoms with Gasteiger partial charge in [-0.05, 0) is 57.8 Å². The second-order valence-corrected chi connectivity index (χ2v) is 7.56. The number of piperidine rings is 2. The van der Waals surface area contributed by atoms with Gasteiger partial charge in [0.25, 0.3) is 0 Å². The van der Waals surface area contributed by atoms with Crippen molar-refractivity contribution in [2.24, 2.45) is 5.92 Å². The molecule has 2 heterocycles. The molecule has 0 aliphatic carbocycles. The molecule has 20 heavy (non-hydrogen) atoms. The highest BCUT2D eigenvalue weighted by molar-refractivity contribution is 4.85. The van der Waals surface area contributed by atoms with E-state index in [0.29, 0.717) is 6.04 Å². The third-order valence-corrected chi connectivity index (χ3v) is 4.80. The second kappa shape index (κ2) is 7.77. The van der Waals surface area contributed by atoms with Gasteiger partial charge in [0, 0.05) is 24.7 Å². The van der Waals surface area contributed by atoms with E-state index in [2.05, 4.69) is 42.8 Å². The van der Waals surface area contributed by atoms with E-state index < -0.39 is 0 Å². The predicted octanol–water partition coefficient (Wildman–Crippen LogP) is 2.57. The molecule has 1 N–H and O–H groups in total. The van der Waals surface area contributed by atoms with Gasteiger partial charge in [0.2, 0.25) is 0 Å². The fraction of sp³-hybridized carbons (Fsp3) is 1.00. The van der Waals surface area contributed by atoms with Crippen LogP contribution in [0.3, 0.4) is 0 Å². The molecular weight excluding hydrogens is 246 g/mol. The number of hydrogen-bond donors (Lipinski definition) is 1. The first-order valence-electron chi connectivity index (χ1n) is 8.77. The zero-order valence-electron chi connectivity index (χ0n) is 14.1. The Morgan fingerprint density at radius 2 is 1.50 bits per heavy atom. The van der Waals surface area contributed by atoms with E-state index in [4.69, 9.17) is 0 Å². The van der Waals surface area contributed by atoms with Crippen molar-refractivity contribution in [1.29, 1.82) is 0 Å². The van der Waals surface area contributed by atoms with Gasteiger partial charge in [-0.15, -0.1) is 0 Å². The number of nitrogens with one attached hydrogen (secondary N) is 1. The van der Waals surface area contributed by atoms with E-state index in [1.165, 1.54) is 58.4 Å². The molecule has 2 fully saturated rings. The minimum Gasteiger partial charge on any atom is -0.312 e.